The number of amides is 4. The molecule has 0 bridgehead atoms. The zero-order valence-corrected chi connectivity index (χ0v) is 15.5. The lowest BCUT2D eigenvalue weighted by Gasteiger charge is -2.20. The van der Waals surface area contributed by atoms with Crippen molar-refractivity contribution in [3.8, 4) is 5.75 Å². The van der Waals surface area contributed by atoms with Crippen molar-refractivity contribution >= 4 is 34.9 Å². The predicted molar refractivity (Wildman–Crippen MR) is 98.3 cm³/mol. The van der Waals surface area contributed by atoms with Gasteiger partial charge in [-0.05, 0) is 53.9 Å². The Bertz CT molecular complexity index is 865. The maximum absolute atomic E-state index is 12.7. The Morgan fingerprint density at radius 3 is 2.77 bits per heavy atom. The van der Waals surface area contributed by atoms with Crippen LogP contribution in [-0.2, 0) is 15.1 Å². The van der Waals surface area contributed by atoms with Crippen LogP contribution in [0.2, 0.25) is 0 Å². The number of thiophene rings is 1. The maximum Gasteiger partial charge on any atom is 0.325 e. The number of urea groups is 1. The van der Waals surface area contributed by atoms with Gasteiger partial charge in [0.1, 0.15) is 17.8 Å². The van der Waals surface area contributed by atoms with Crippen molar-refractivity contribution in [2.24, 2.45) is 0 Å². The van der Waals surface area contributed by atoms with Crippen molar-refractivity contribution < 1.29 is 19.1 Å². The van der Waals surface area contributed by atoms with Crippen LogP contribution in [-0.4, -0.2) is 36.4 Å². The lowest BCUT2D eigenvalue weighted by Crippen LogP contribution is -2.41. The van der Waals surface area contributed by atoms with Gasteiger partial charge in [-0.3, -0.25) is 14.5 Å². The lowest BCUT2D eigenvalue weighted by atomic mass is 9.95. The van der Waals surface area contributed by atoms with E-state index < -0.39 is 23.4 Å². The molecule has 0 radical (unpaired) electrons. The molecule has 2 aromatic rings. The number of carbonyl (C=O) groups is 3. The minimum absolute atomic E-state index is 0.374. The third-order valence-electron chi connectivity index (χ3n) is 4.30. The molecule has 4 amide bonds. The number of imide groups is 1. The van der Waals surface area contributed by atoms with Crippen molar-refractivity contribution in [1.82, 2.24) is 10.2 Å². The van der Waals surface area contributed by atoms with Crippen LogP contribution in [0.3, 0.4) is 0 Å². The molecule has 1 saturated heterocycles. The number of aryl methyl sites for hydroxylation is 1. The summed E-state index contributed by atoms with van der Waals surface area (Å²) in [4.78, 5) is 38.3. The summed E-state index contributed by atoms with van der Waals surface area (Å²) in [6.07, 6.45) is 0. The van der Waals surface area contributed by atoms with Crippen molar-refractivity contribution in [2.45, 2.75) is 19.4 Å². The minimum Gasteiger partial charge on any atom is -0.495 e. The van der Waals surface area contributed by atoms with Crippen molar-refractivity contribution in [3.63, 3.8) is 0 Å². The molecule has 0 aliphatic carbocycles. The SMILES string of the molecule is COc1ccc(C)cc1NC(=O)CN1C(=O)N[C@](C)(c2ccsc2)C1=O. The Hall–Kier alpha value is -2.87. The van der Waals surface area contributed by atoms with E-state index in [2.05, 4.69) is 10.6 Å². The molecule has 1 aliphatic heterocycles. The number of ether oxygens (including phenoxy) is 1. The summed E-state index contributed by atoms with van der Waals surface area (Å²) < 4.78 is 5.22. The highest BCUT2D eigenvalue weighted by atomic mass is 32.1. The van der Waals surface area contributed by atoms with E-state index in [4.69, 9.17) is 4.74 Å². The molecule has 2 heterocycles. The van der Waals surface area contributed by atoms with Gasteiger partial charge in [0.25, 0.3) is 5.91 Å². The van der Waals surface area contributed by atoms with Gasteiger partial charge in [-0.2, -0.15) is 11.3 Å². The number of hydrogen-bond acceptors (Lipinski definition) is 5. The Morgan fingerprint density at radius 2 is 2.12 bits per heavy atom. The van der Waals surface area contributed by atoms with Crippen LogP contribution in [0.1, 0.15) is 18.1 Å². The highest BCUT2D eigenvalue weighted by Crippen LogP contribution is 2.30. The topological polar surface area (TPSA) is 87.7 Å². The molecule has 136 valence electrons. The molecule has 2 N–H and O–H groups in total. The van der Waals surface area contributed by atoms with E-state index in [1.54, 1.807) is 30.5 Å². The molecule has 8 heteroatoms. The third-order valence-corrected chi connectivity index (χ3v) is 4.99. The highest BCUT2D eigenvalue weighted by molar-refractivity contribution is 7.08. The normalized spacial score (nSPS) is 19.4. The van der Waals surface area contributed by atoms with Gasteiger partial charge in [0.05, 0.1) is 12.8 Å². The zero-order valence-electron chi connectivity index (χ0n) is 14.7. The van der Waals surface area contributed by atoms with Gasteiger partial charge in [-0.25, -0.2) is 4.79 Å². The van der Waals surface area contributed by atoms with E-state index in [9.17, 15) is 14.4 Å². The molecule has 7 nitrogen and oxygen atoms in total. The smallest absolute Gasteiger partial charge is 0.325 e. The van der Waals surface area contributed by atoms with Crippen LogP contribution in [0.25, 0.3) is 0 Å². The monoisotopic (exact) mass is 373 g/mol. The summed E-state index contributed by atoms with van der Waals surface area (Å²) in [6, 6.07) is 6.56. The summed E-state index contributed by atoms with van der Waals surface area (Å²) in [5, 5.41) is 9.01. The number of benzene rings is 1. The molecule has 0 saturated carbocycles. The number of hydrogen-bond donors (Lipinski definition) is 2. The first-order chi connectivity index (χ1) is 12.3. The van der Waals surface area contributed by atoms with E-state index >= 15 is 0 Å². The minimum atomic E-state index is -1.15. The van der Waals surface area contributed by atoms with Crippen LogP contribution >= 0.6 is 11.3 Å². The van der Waals surface area contributed by atoms with Crippen LogP contribution in [0.4, 0.5) is 10.5 Å². The largest absolute Gasteiger partial charge is 0.495 e. The van der Waals surface area contributed by atoms with E-state index in [-0.39, 0.29) is 6.54 Å². The van der Waals surface area contributed by atoms with Gasteiger partial charge in [-0.15, -0.1) is 0 Å². The van der Waals surface area contributed by atoms with Gasteiger partial charge in [0.15, 0.2) is 0 Å². The van der Waals surface area contributed by atoms with Crippen LogP contribution in [0, 0.1) is 6.92 Å². The van der Waals surface area contributed by atoms with Crippen LogP contribution in [0.15, 0.2) is 35.0 Å². The van der Waals surface area contributed by atoms with Gasteiger partial charge in [-0.1, -0.05) is 6.07 Å². The molecule has 1 aliphatic rings. The summed E-state index contributed by atoms with van der Waals surface area (Å²) in [5.74, 6) is -0.427. The average molecular weight is 373 g/mol. The van der Waals surface area contributed by atoms with Crippen molar-refractivity contribution in [3.05, 3.63) is 46.2 Å². The first-order valence-corrected chi connectivity index (χ1v) is 8.90. The fourth-order valence-corrected chi connectivity index (χ4v) is 3.60. The molecule has 1 fully saturated rings. The van der Waals surface area contributed by atoms with Gasteiger partial charge >= 0.3 is 6.03 Å². The molecule has 3 rings (SSSR count). The van der Waals surface area contributed by atoms with Gasteiger partial charge < -0.3 is 15.4 Å². The molecule has 1 atom stereocenters. The Labute approximate surface area is 155 Å². The molecule has 1 aromatic heterocycles. The molecular weight excluding hydrogens is 354 g/mol. The zero-order chi connectivity index (χ0) is 18.9. The number of methoxy groups -OCH3 is 1. The number of nitrogens with one attached hydrogen (secondary N) is 2. The lowest BCUT2D eigenvalue weighted by molar-refractivity contribution is -0.133. The van der Waals surface area contributed by atoms with Gasteiger partial charge in [0, 0.05) is 0 Å². The Morgan fingerprint density at radius 1 is 1.35 bits per heavy atom. The fourth-order valence-electron chi connectivity index (χ4n) is 2.84. The summed E-state index contributed by atoms with van der Waals surface area (Å²) in [6.45, 7) is 3.15. The predicted octanol–water partition coefficient (Wildman–Crippen LogP) is 2.47. The second-order valence-electron chi connectivity index (χ2n) is 6.21. The summed E-state index contributed by atoms with van der Waals surface area (Å²) >= 11 is 1.44. The van der Waals surface area contributed by atoms with E-state index in [0.29, 0.717) is 17.0 Å². The van der Waals surface area contributed by atoms with Crippen LogP contribution < -0.4 is 15.4 Å². The molecular formula is C18H19N3O4S. The van der Waals surface area contributed by atoms with Crippen molar-refractivity contribution in [1.29, 1.82) is 0 Å². The Balaban J connectivity index is 1.75. The third kappa shape index (κ3) is 3.15. The molecule has 0 unspecified atom stereocenters. The number of anilines is 1. The second-order valence-corrected chi connectivity index (χ2v) is 6.99. The average Bonchev–Trinajstić information content (AvgIpc) is 3.20. The summed E-state index contributed by atoms with van der Waals surface area (Å²) in [5.41, 5.74) is 0.980. The molecule has 1 aromatic carbocycles. The second kappa shape index (κ2) is 6.80. The maximum atomic E-state index is 12.7. The molecule has 26 heavy (non-hydrogen) atoms. The van der Waals surface area contributed by atoms with E-state index in [1.165, 1.54) is 18.4 Å². The number of rotatable bonds is 5. The summed E-state index contributed by atoms with van der Waals surface area (Å²) in [7, 11) is 1.50. The highest BCUT2D eigenvalue weighted by Gasteiger charge is 2.49. The van der Waals surface area contributed by atoms with Crippen molar-refractivity contribution in [2.75, 3.05) is 19.0 Å². The van der Waals surface area contributed by atoms with Gasteiger partial charge in [0.2, 0.25) is 5.91 Å². The standard InChI is InChI=1S/C18H19N3O4S/c1-11-4-5-14(25-3)13(8-11)19-15(22)9-21-16(23)18(2,20-17(21)24)12-6-7-26-10-12/h4-8,10H,9H2,1-3H3,(H,19,22)(H,20,24)/t18-/m1/s1. The molecule has 0 spiro atoms. The number of nitrogens with zero attached hydrogens (tertiary/aromatic N) is 1. The van der Waals surface area contributed by atoms with E-state index in [1.807, 2.05) is 18.4 Å². The number of carbonyl (C=O) groups excluding carboxylic acids is 3. The van der Waals surface area contributed by atoms with E-state index in [0.717, 1.165) is 10.5 Å². The quantitative estimate of drug-likeness (QED) is 0.788. The first-order valence-electron chi connectivity index (χ1n) is 7.96. The van der Waals surface area contributed by atoms with Crippen LogP contribution in [0.5, 0.6) is 5.75 Å². The first kappa shape index (κ1) is 17.9. The Kier molecular flexibility index (Phi) is 4.69. The fraction of sp³-hybridized carbons (Fsp3) is 0.278.